The molecule has 0 heterocycles. The predicted molar refractivity (Wildman–Crippen MR) is 99.7 cm³/mol. The van der Waals surface area contributed by atoms with Crippen LogP contribution in [0.5, 0.6) is 17.2 Å². The molecule has 25 heavy (non-hydrogen) atoms. The summed E-state index contributed by atoms with van der Waals surface area (Å²) in [4.78, 5) is 12.4. The Bertz CT molecular complexity index is 783. The molecule has 0 fully saturated rings. The Labute approximate surface area is 160 Å². The van der Waals surface area contributed by atoms with Crippen LogP contribution >= 0.6 is 34.8 Å². The lowest BCUT2D eigenvalue weighted by atomic mass is 10.2. The van der Waals surface area contributed by atoms with Crippen molar-refractivity contribution in [2.45, 2.75) is 13.0 Å². The molecular formula is C17H16Cl3NO4. The Kier molecular flexibility index (Phi) is 6.64. The van der Waals surface area contributed by atoms with Crippen molar-refractivity contribution in [2.75, 3.05) is 19.5 Å². The molecule has 0 bridgehead atoms. The maximum Gasteiger partial charge on any atom is 0.265 e. The van der Waals surface area contributed by atoms with Crippen LogP contribution in [0.4, 0.5) is 5.69 Å². The van der Waals surface area contributed by atoms with Gasteiger partial charge in [0, 0.05) is 11.1 Å². The molecule has 2 aromatic carbocycles. The molecule has 8 heteroatoms. The van der Waals surface area contributed by atoms with E-state index in [9.17, 15) is 4.79 Å². The Morgan fingerprint density at radius 1 is 0.960 bits per heavy atom. The minimum Gasteiger partial charge on any atom is -0.495 e. The standard InChI is InChI=1S/C17H16Cl3NO4/c1-9(25-14-5-4-10(18)6-11(14)19)17(22)21-13-7-12(20)15(23-2)8-16(13)24-3/h4-9H,1-3H3,(H,21,22)/t9-/m0/s1. The number of methoxy groups -OCH3 is 2. The topological polar surface area (TPSA) is 56.8 Å². The van der Waals surface area contributed by atoms with Crippen LogP contribution in [0, 0.1) is 0 Å². The summed E-state index contributed by atoms with van der Waals surface area (Å²) >= 11 is 18.0. The predicted octanol–water partition coefficient (Wildman–Crippen LogP) is 5.07. The average Bonchev–Trinajstić information content (AvgIpc) is 2.57. The second-order valence-electron chi connectivity index (χ2n) is 5.01. The minimum absolute atomic E-state index is 0.317. The lowest BCUT2D eigenvalue weighted by Gasteiger charge is -2.17. The van der Waals surface area contributed by atoms with Crippen molar-refractivity contribution >= 4 is 46.4 Å². The quantitative estimate of drug-likeness (QED) is 0.730. The Morgan fingerprint density at radius 2 is 1.60 bits per heavy atom. The summed E-state index contributed by atoms with van der Waals surface area (Å²) in [5.74, 6) is 0.805. The maximum absolute atomic E-state index is 12.4. The van der Waals surface area contributed by atoms with Crippen LogP contribution in [0.25, 0.3) is 0 Å². The fraction of sp³-hybridized carbons (Fsp3) is 0.235. The number of carbonyl (C=O) groups is 1. The average molecular weight is 405 g/mol. The molecule has 5 nitrogen and oxygen atoms in total. The van der Waals surface area contributed by atoms with E-state index in [1.165, 1.54) is 20.3 Å². The summed E-state index contributed by atoms with van der Waals surface area (Å²) in [5.41, 5.74) is 0.399. The third-order valence-electron chi connectivity index (χ3n) is 3.30. The first-order valence-corrected chi connectivity index (χ1v) is 8.33. The van der Waals surface area contributed by atoms with Gasteiger partial charge in [-0.1, -0.05) is 34.8 Å². The van der Waals surface area contributed by atoms with Crippen molar-refractivity contribution in [3.05, 3.63) is 45.4 Å². The summed E-state index contributed by atoms with van der Waals surface area (Å²) in [6, 6.07) is 7.88. The van der Waals surface area contributed by atoms with Crippen molar-refractivity contribution in [2.24, 2.45) is 0 Å². The van der Waals surface area contributed by atoms with Crippen LogP contribution in [-0.4, -0.2) is 26.2 Å². The number of hydrogen-bond donors (Lipinski definition) is 1. The number of benzene rings is 2. The fourth-order valence-electron chi connectivity index (χ4n) is 2.01. The molecule has 0 spiro atoms. The maximum atomic E-state index is 12.4. The molecule has 0 aliphatic carbocycles. The van der Waals surface area contributed by atoms with Crippen LogP contribution < -0.4 is 19.5 Å². The smallest absolute Gasteiger partial charge is 0.265 e. The van der Waals surface area contributed by atoms with Gasteiger partial charge in [0.05, 0.1) is 30.0 Å². The van der Waals surface area contributed by atoms with E-state index in [4.69, 9.17) is 49.0 Å². The van der Waals surface area contributed by atoms with E-state index in [-0.39, 0.29) is 0 Å². The molecule has 1 N–H and O–H groups in total. The zero-order valence-corrected chi connectivity index (χ0v) is 16.0. The molecule has 0 aliphatic rings. The van der Waals surface area contributed by atoms with Gasteiger partial charge in [-0.2, -0.15) is 0 Å². The number of ether oxygens (including phenoxy) is 3. The van der Waals surface area contributed by atoms with Gasteiger partial charge in [-0.25, -0.2) is 0 Å². The van der Waals surface area contributed by atoms with Crippen LogP contribution in [0.3, 0.4) is 0 Å². The number of halogens is 3. The molecule has 1 atom stereocenters. The zero-order valence-electron chi connectivity index (χ0n) is 13.7. The first-order valence-electron chi connectivity index (χ1n) is 7.19. The second-order valence-corrected chi connectivity index (χ2v) is 6.26. The largest absolute Gasteiger partial charge is 0.495 e. The number of nitrogens with one attached hydrogen (secondary N) is 1. The van der Waals surface area contributed by atoms with E-state index in [2.05, 4.69) is 5.32 Å². The van der Waals surface area contributed by atoms with Crippen LogP contribution in [0.2, 0.25) is 15.1 Å². The Hall–Kier alpha value is -1.82. The van der Waals surface area contributed by atoms with Crippen LogP contribution in [0.15, 0.2) is 30.3 Å². The summed E-state index contributed by atoms with van der Waals surface area (Å²) in [5, 5.41) is 3.84. The van der Waals surface area contributed by atoms with Gasteiger partial charge in [-0.3, -0.25) is 4.79 Å². The molecule has 0 unspecified atom stereocenters. The van der Waals surface area contributed by atoms with Gasteiger partial charge in [0.2, 0.25) is 0 Å². The van der Waals surface area contributed by atoms with Gasteiger partial charge < -0.3 is 19.5 Å². The van der Waals surface area contributed by atoms with Gasteiger partial charge in [-0.15, -0.1) is 0 Å². The zero-order chi connectivity index (χ0) is 18.6. The summed E-state index contributed by atoms with van der Waals surface area (Å²) < 4.78 is 15.9. The molecule has 2 rings (SSSR count). The number of rotatable bonds is 6. The number of carbonyl (C=O) groups excluding carboxylic acids is 1. The molecule has 0 aromatic heterocycles. The summed E-state index contributed by atoms with van der Waals surface area (Å²) in [6.45, 7) is 1.60. The molecule has 134 valence electrons. The Morgan fingerprint density at radius 3 is 2.20 bits per heavy atom. The lowest BCUT2D eigenvalue weighted by molar-refractivity contribution is -0.122. The SMILES string of the molecule is COc1cc(OC)c(NC(=O)[C@H](C)Oc2ccc(Cl)cc2Cl)cc1Cl. The highest BCUT2D eigenvalue weighted by molar-refractivity contribution is 6.35. The second kappa shape index (κ2) is 8.52. The van der Waals surface area contributed by atoms with Crippen LogP contribution in [-0.2, 0) is 4.79 Å². The number of hydrogen-bond acceptors (Lipinski definition) is 4. The van der Waals surface area contributed by atoms with Crippen molar-refractivity contribution in [3.63, 3.8) is 0 Å². The summed E-state index contributed by atoms with van der Waals surface area (Å²) in [6.07, 6.45) is -0.816. The highest BCUT2D eigenvalue weighted by Gasteiger charge is 2.19. The van der Waals surface area contributed by atoms with Crippen molar-refractivity contribution < 1.29 is 19.0 Å². The van der Waals surface area contributed by atoms with Crippen molar-refractivity contribution in [1.82, 2.24) is 0 Å². The lowest BCUT2D eigenvalue weighted by Crippen LogP contribution is -2.30. The monoisotopic (exact) mass is 403 g/mol. The highest BCUT2D eigenvalue weighted by atomic mass is 35.5. The number of amides is 1. The van der Waals surface area contributed by atoms with Crippen LogP contribution in [0.1, 0.15) is 6.92 Å². The van der Waals surface area contributed by atoms with E-state index in [0.717, 1.165) is 0 Å². The van der Waals surface area contributed by atoms with E-state index in [1.807, 2.05) is 0 Å². The van der Waals surface area contributed by atoms with Crippen molar-refractivity contribution in [3.8, 4) is 17.2 Å². The first-order chi connectivity index (χ1) is 11.8. The van der Waals surface area contributed by atoms with E-state index in [1.54, 1.807) is 31.2 Å². The van der Waals surface area contributed by atoms with Crippen molar-refractivity contribution in [1.29, 1.82) is 0 Å². The third-order valence-corrected chi connectivity index (χ3v) is 4.12. The third kappa shape index (κ3) is 4.84. The van der Waals surface area contributed by atoms with Gasteiger partial charge in [0.1, 0.15) is 17.2 Å². The highest BCUT2D eigenvalue weighted by Crippen LogP contribution is 2.36. The Balaban J connectivity index is 2.14. The number of anilines is 1. The molecule has 1 amide bonds. The van der Waals surface area contributed by atoms with E-state index in [0.29, 0.717) is 38.0 Å². The van der Waals surface area contributed by atoms with E-state index < -0.39 is 12.0 Å². The molecule has 0 radical (unpaired) electrons. The normalized spacial score (nSPS) is 11.6. The molecule has 0 saturated heterocycles. The van der Waals surface area contributed by atoms with Gasteiger partial charge in [-0.05, 0) is 31.2 Å². The van der Waals surface area contributed by atoms with Gasteiger partial charge in [0.15, 0.2) is 6.10 Å². The molecule has 0 aliphatic heterocycles. The molecule has 0 saturated carbocycles. The van der Waals surface area contributed by atoms with Gasteiger partial charge in [0.25, 0.3) is 5.91 Å². The molecular weight excluding hydrogens is 389 g/mol. The minimum atomic E-state index is -0.816. The molecule has 2 aromatic rings. The van der Waals surface area contributed by atoms with Gasteiger partial charge >= 0.3 is 0 Å². The first kappa shape index (κ1) is 19.5. The summed E-state index contributed by atoms with van der Waals surface area (Å²) in [7, 11) is 2.97. The van der Waals surface area contributed by atoms with E-state index >= 15 is 0 Å². The fourth-order valence-corrected chi connectivity index (χ4v) is 2.70.